The molecule has 0 heterocycles. The van der Waals surface area contributed by atoms with Crippen LogP contribution in [0.2, 0.25) is 0 Å². The molecule has 0 aromatic heterocycles. The van der Waals surface area contributed by atoms with Gasteiger partial charge in [-0.1, -0.05) is 18.2 Å². The van der Waals surface area contributed by atoms with Gasteiger partial charge in [-0.2, -0.15) is 0 Å². The SMILES string of the molecule is COc1ccccc1COC(=O)C1(N)CCC2C(C(=O)O)C21. The van der Waals surface area contributed by atoms with E-state index in [0.717, 1.165) is 5.56 Å². The molecule has 2 saturated carbocycles. The molecule has 0 aliphatic heterocycles. The van der Waals surface area contributed by atoms with Gasteiger partial charge in [-0.05, 0) is 24.8 Å². The van der Waals surface area contributed by atoms with Gasteiger partial charge >= 0.3 is 11.9 Å². The molecule has 0 amide bonds. The van der Waals surface area contributed by atoms with Crippen LogP contribution >= 0.6 is 0 Å². The number of carbonyl (C=O) groups is 2. The second-order valence-electron chi connectivity index (χ2n) is 6.02. The van der Waals surface area contributed by atoms with Gasteiger partial charge in [-0.25, -0.2) is 0 Å². The van der Waals surface area contributed by atoms with Gasteiger partial charge in [0.1, 0.15) is 17.9 Å². The summed E-state index contributed by atoms with van der Waals surface area (Å²) in [6, 6.07) is 7.26. The van der Waals surface area contributed by atoms with Crippen molar-refractivity contribution in [2.75, 3.05) is 7.11 Å². The highest BCUT2D eigenvalue weighted by molar-refractivity contribution is 5.86. The van der Waals surface area contributed by atoms with Crippen LogP contribution in [0.3, 0.4) is 0 Å². The highest BCUT2D eigenvalue weighted by atomic mass is 16.5. The van der Waals surface area contributed by atoms with Crippen LogP contribution in [0.25, 0.3) is 0 Å². The normalized spacial score (nSPS) is 32.2. The van der Waals surface area contributed by atoms with Crippen LogP contribution in [0.15, 0.2) is 24.3 Å². The van der Waals surface area contributed by atoms with E-state index in [0.29, 0.717) is 18.6 Å². The van der Waals surface area contributed by atoms with Gasteiger partial charge in [-0.15, -0.1) is 0 Å². The first-order valence-electron chi connectivity index (χ1n) is 7.30. The van der Waals surface area contributed by atoms with Gasteiger partial charge in [0.2, 0.25) is 0 Å². The van der Waals surface area contributed by atoms with Crippen molar-refractivity contribution < 1.29 is 24.2 Å². The third-order valence-corrected chi connectivity index (χ3v) is 4.87. The van der Waals surface area contributed by atoms with E-state index in [4.69, 9.17) is 20.3 Å². The summed E-state index contributed by atoms with van der Waals surface area (Å²) < 4.78 is 10.6. The molecule has 0 spiro atoms. The molecule has 118 valence electrons. The summed E-state index contributed by atoms with van der Waals surface area (Å²) in [6.07, 6.45) is 1.15. The molecule has 6 heteroatoms. The number of esters is 1. The minimum atomic E-state index is -1.17. The topological polar surface area (TPSA) is 98.9 Å². The number of hydrogen-bond donors (Lipinski definition) is 2. The maximum absolute atomic E-state index is 12.4. The molecule has 1 aromatic carbocycles. The summed E-state index contributed by atoms with van der Waals surface area (Å²) in [5, 5.41) is 9.13. The van der Waals surface area contributed by atoms with Crippen LogP contribution < -0.4 is 10.5 Å². The van der Waals surface area contributed by atoms with E-state index >= 15 is 0 Å². The zero-order chi connectivity index (χ0) is 15.9. The smallest absolute Gasteiger partial charge is 0.326 e. The van der Waals surface area contributed by atoms with Crippen molar-refractivity contribution in [1.29, 1.82) is 0 Å². The van der Waals surface area contributed by atoms with E-state index in [1.807, 2.05) is 18.2 Å². The van der Waals surface area contributed by atoms with E-state index in [1.165, 1.54) is 0 Å². The van der Waals surface area contributed by atoms with Crippen LogP contribution in [-0.4, -0.2) is 29.7 Å². The number of fused-ring (bicyclic) bond motifs is 1. The van der Waals surface area contributed by atoms with Gasteiger partial charge in [0, 0.05) is 11.5 Å². The predicted octanol–water partition coefficient (Wildman–Crippen LogP) is 1.18. The Labute approximate surface area is 128 Å². The Morgan fingerprint density at radius 1 is 1.41 bits per heavy atom. The van der Waals surface area contributed by atoms with E-state index in [-0.39, 0.29) is 18.4 Å². The number of carboxylic acid groups (broad SMARTS) is 1. The molecular weight excluding hydrogens is 286 g/mol. The zero-order valence-corrected chi connectivity index (χ0v) is 12.3. The number of ether oxygens (including phenoxy) is 2. The van der Waals surface area contributed by atoms with Crippen LogP contribution in [0.4, 0.5) is 0 Å². The van der Waals surface area contributed by atoms with E-state index in [9.17, 15) is 9.59 Å². The molecule has 2 fully saturated rings. The number of carbonyl (C=O) groups excluding carboxylic acids is 1. The first-order chi connectivity index (χ1) is 10.5. The lowest BCUT2D eigenvalue weighted by atomic mass is 9.91. The first-order valence-corrected chi connectivity index (χ1v) is 7.30. The molecule has 22 heavy (non-hydrogen) atoms. The Kier molecular flexibility index (Phi) is 3.56. The number of nitrogens with two attached hydrogens (primary N) is 1. The molecule has 6 nitrogen and oxygen atoms in total. The molecule has 4 atom stereocenters. The molecule has 0 radical (unpaired) electrons. The Bertz CT molecular complexity index is 616. The van der Waals surface area contributed by atoms with Gasteiger partial charge < -0.3 is 20.3 Å². The minimum Gasteiger partial charge on any atom is -0.496 e. The molecular formula is C16H19NO5. The highest BCUT2D eigenvalue weighted by Crippen LogP contribution is 2.61. The molecule has 2 aliphatic rings. The van der Waals surface area contributed by atoms with Crippen molar-refractivity contribution in [3.05, 3.63) is 29.8 Å². The van der Waals surface area contributed by atoms with Gasteiger partial charge in [0.05, 0.1) is 13.0 Å². The van der Waals surface area contributed by atoms with E-state index in [2.05, 4.69) is 0 Å². The maximum Gasteiger partial charge on any atom is 0.326 e. The molecule has 3 N–H and O–H groups in total. The number of hydrogen-bond acceptors (Lipinski definition) is 5. The van der Waals surface area contributed by atoms with E-state index in [1.54, 1.807) is 13.2 Å². The monoisotopic (exact) mass is 305 g/mol. The molecule has 1 aromatic rings. The lowest BCUT2D eigenvalue weighted by Gasteiger charge is -2.24. The summed E-state index contributed by atoms with van der Waals surface area (Å²) in [6.45, 7) is 0.0664. The fourth-order valence-electron chi connectivity index (χ4n) is 3.68. The fraction of sp³-hybridized carbons (Fsp3) is 0.500. The molecule has 4 unspecified atom stereocenters. The fourth-order valence-corrected chi connectivity index (χ4v) is 3.68. The Balaban J connectivity index is 1.66. The Hall–Kier alpha value is -2.08. The first kappa shape index (κ1) is 14.8. The number of para-hydroxylation sites is 1. The standard InChI is InChI=1S/C16H19NO5/c1-21-11-5-3-2-4-9(11)8-22-15(20)16(17)7-6-10-12(13(10)16)14(18)19/h2-5,10,12-13H,6-8,17H2,1H3,(H,18,19). The van der Waals surface area contributed by atoms with Gasteiger partial charge in [0.25, 0.3) is 0 Å². The number of rotatable bonds is 5. The summed E-state index contributed by atoms with van der Waals surface area (Å²) >= 11 is 0. The maximum atomic E-state index is 12.4. The van der Waals surface area contributed by atoms with Crippen molar-refractivity contribution in [2.45, 2.75) is 25.0 Å². The van der Waals surface area contributed by atoms with Crippen LogP contribution in [0, 0.1) is 17.8 Å². The number of benzene rings is 1. The molecule has 0 bridgehead atoms. The van der Waals surface area contributed by atoms with Crippen LogP contribution in [0.5, 0.6) is 5.75 Å². The highest BCUT2D eigenvalue weighted by Gasteiger charge is 2.70. The van der Waals surface area contributed by atoms with Crippen molar-refractivity contribution in [3.8, 4) is 5.75 Å². The lowest BCUT2D eigenvalue weighted by molar-refractivity contribution is -0.153. The second-order valence-corrected chi connectivity index (χ2v) is 6.02. The van der Waals surface area contributed by atoms with Crippen molar-refractivity contribution in [3.63, 3.8) is 0 Å². The Morgan fingerprint density at radius 3 is 2.77 bits per heavy atom. The van der Waals surface area contributed by atoms with Gasteiger partial charge in [0.15, 0.2) is 0 Å². The summed E-state index contributed by atoms with van der Waals surface area (Å²) in [4.78, 5) is 23.5. The van der Waals surface area contributed by atoms with Crippen molar-refractivity contribution in [1.82, 2.24) is 0 Å². The van der Waals surface area contributed by atoms with Crippen LogP contribution in [0.1, 0.15) is 18.4 Å². The van der Waals surface area contributed by atoms with Crippen molar-refractivity contribution in [2.24, 2.45) is 23.5 Å². The largest absolute Gasteiger partial charge is 0.496 e. The Morgan fingerprint density at radius 2 is 2.14 bits per heavy atom. The molecule has 2 aliphatic carbocycles. The number of methoxy groups -OCH3 is 1. The summed E-state index contributed by atoms with van der Waals surface area (Å²) in [5.41, 5.74) is 5.76. The average molecular weight is 305 g/mol. The quantitative estimate of drug-likeness (QED) is 0.792. The predicted molar refractivity (Wildman–Crippen MR) is 77.0 cm³/mol. The minimum absolute atomic E-state index is 0.0151. The summed E-state index contributed by atoms with van der Waals surface area (Å²) in [7, 11) is 1.55. The van der Waals surface area contributed by atoms with Crippen LogP contribution in [-0.2, 0) is 20.9 Å². The molecule has 3 rings (SSSR count). The third-order valence-electron chi connectivity index (χ3n) is 4.87. The van der Waals surface area contributed by atoms with E-state index < -0.39 is 23.4 Å². The van der Waals surface area contributed by atoms with Gasteiger partial charge in [-0.3, -0.25) is 9.59 Å². The van der Waals surface area contributed by atoms with Crippen molar-refractivity contribution >= 4 is 11.9 Å². The summed E-state index contributed by atoms with van der Waals surface area (Å²) in [5.74, 6) is -1.54. The third kappa shape index (κ3) is 2.23. The second kappa shape index (κ2) is 5.28. The average Bonchev–Trinajstić information content (AvgIpc) is 3.17. The zero-order valence-electron chi connectivity index (χ0n) is 12.3. The number of carboxylic acids is 1. The molecule has 0 saturated heterocycles. The number of aliphatic carboxylic acids is 1. The lowest BCUT2D eigenvalue weighted by Crippen LogP contribution is -2.50.